The minimum Gasteiger partial charge on any atom is -0.489 e. The highest BCUT2D eigenvalue weighted by atomic mass is 35.5. The summed E-state index contributed by atoms with van der Waals surface area (Å²) in [6.07, 6.45) is 5.37. The Morgan fingerprint density at radius 2 is 1.98 bits per heavy atom. The van der Waals surface area contributed by atoms with Crippen LogP contribution in [0.3, 0.4) is 0 Å². The van der Waals surface area contributed by atoms with E-state index in [0.29, 0.717) is 37.3 Å². The first-order valence-corrected chi connectivity index (χ1v) is 16.3. The van der Waals surface area contributed by atoms with Crippen LogP contribution in [0.15, 0.2) is 12.1 Å². The van der Waals surface area contributed by atoms with Gasteiger partial charge in [-0.2, -0.15) is 15.2 Å². The van der Waals surface area contributed by atoms with Crippen molar-refractivity contribution in [1.82, 2.24) is 19.9 Å². The van der Waals surface area contributed by atoms with Gasteiger partial charge < -0.3 is 25.1 Å². The number of nitriles is 1. The Kier molecular flexibility index (Phi) is 6.01. The summed E-state index contributed by atoms with van der Waals surface area (Å²) in [5, 5.41) is 10.3. The number of fused-ring (bicyclic) bond motifs is 5. The highest BCUT2D eigenvalue weighted by Crippen LogP contribution is 2.59. The van der Waals surface area contributed by atoms with Gasteiger partial charge in [0.1, 0.15) is 54.0 Å². The Morgan fingerprint density at radius 3 is 2.78 bits per heavy atom. The van der Waals surface area contributed by atoms with Crippen LogP contribution in [0.1, 0.15) is 50.5 Å². The minimum absolute atomic E-state index is 0.000384. The van der Waals surface area contributed by atoms with Crippen molar-refractivity contribution in [2.45, 2.75) is 62.7 Å². The third-order valence-corrected chi connectivity index (χ3v) is 11.6. The Bertz CT molecular complexity index is 2010. The Morgan fingerprint density at radius 1 is 1.15 bits per heavy atom. The largest absolute Gasteiger partial charge is 0.489 e. The number of hydrogen-bond donors (Lipinski definition) is 2. The summed E-state index contributed by atoms with van der Waals surface area (Å²) in [4.78, 5) is 16.6. The zero-order valence-corrected chi connectivity index (χ0v) is 25.7. The summed E-state index contributed by atoms with van der Waals surface area (Å²) in [7, 11) is 0. The number of nitrogens with one attached hydrogen (secondary N) is 1. The third kappa shape index (κ3) is 3.84. The molecule has 0 amide bonds. The van der Waals surface area contributed by atoms with Crippen molar-refractivity contribution >= 4 is 45.0 Å². The number of ether oxygens (including phenoxy) is 2. The van der Waals surface area contributed by atoms with Crippen molar-refractivity contribution < 1.29 is 22.6 Å². The number of aromatic amines is 1. The van der Waals surface area contributed by atoms with Gasteiger partial charge in [0.05, 0.1) is 27.5 Å². The van der Waals surface area contributed by atoms with Gasteiger partial charge in [-0.05, 0) is 62.1 Å². The summed E-state index contributed by atoms with van der Waals surface area (Å²) < 4.78 is 59.4. The van der Waals surface area contributed by atoms with E-state index in [-0.39, 0.29) is 73.8 Å². The molecule has 46 heavy (non-hydrogen) atoms. The molecule has 3 atom stereocenters. The standard InChI is InChI=1S/C33H31ClF3N7O2/c34-24-22(17-3-4-19(36)26-21(17)18(12-38)29(39)40-26)25(37)27-23-28(24)45-14-20-32(7-8-32)5-1-10-44(20)30(23)42-31(41-27)46-15-33-6-2-9-43(33)13-16(35)11-33/h3-4,16,20,40H,1-2,5-11,13-15,39H2/t16-,20-,33+/m1/s1. The van der Waals surface area contributed by atoms with Gasteiger partial charge in [0.2, 0.25) is 0 Å². The molecule has 4 aliphatic heterocycles. The van der Waals surface area contributed by atoms with Gasteiger partial charge in [0.15, 0.2) is 11.6 Å². The quantitative estimate of drug-likeness (QED) is 0.266. The van der Waals surface area contributed by atoms with Crippen molar-refractivity contribution in [2.75, 3.05) is 43.5 Å². The molecule has 4 fully saturated rings. The van der Waals surface area contributed by atoms with Crippen LogP contribution < -0.4 is 20.1 Å². The molecule has 238 valence electrons. The molecule has 9 nitrogen and oxygen atoms in total. The fourth-order valence-electron chi connectivity index (χ4n) is 8.82. The first kappa shape index (κ1) is 28.3. The van der Waals surface area contributed by atoms with Gasteiger partial charge in [-0.15, -0.1) is 0 Å². The van der Waals surface area contributed by atoms with Gasteiger partial charge in [0.25, 0.3) is 0 Å². The highest BCUT2D eigenvalue weighted by molar-refractivity contribution is 6.37. The van der Waals surface area contributed by atoms with E-state index in [9.17, 15) is 14.0 Å². The summed E-state index contributed by atoms with van der Waals surface area (Å²) >= 11 is 7.06. The van der Waals surface area contributed by atoms with Gasteiger partial charge in [-0.25, -0.2) is 13.2 Å². The Hall–Kier alpha value is -3.95. The number of anilines is 2. The molecule has 6 heterocycles. The van der Waals surface area contributed by atoms with E-state index in [2.05, 4.69) is 19.8 Å². The summed E-state index contributed by atoms with van der Waals surface area (Å²) in [5.74, 6) is -0.729. The predicted molar refractivity (Wildman–Crippen MR) is 167 cm³/mol. The van der Waals surface area contributed by atoms with Gasteiger partial charge >= 0.3 is 6.01 Å². The van der Waals surface area contributed by atoms with Crippen LogP contribution in [-0.4, -0.2) is 70.5 Å². The van der Waals surface area contributed by atoms with E-state index in [1.165, 1.54) is 12.1 Å². The second-order valence-corrected chi connectivity index (χ2v) is 14.0. The number of hydrogen-bond acceptors (Lipinski definition) is 8. The lowest BCUT2D eigenvalue weighted by atomic mass is 9.86. The third-order valence-electron chi connectivity index (χ3n) is 11.2. The van der Waals surface area contributed by atoms with Crippen LogP contribution in [0.5, 0.6) is 11.8 Å². The van der Waals surface area contributed by atoms with E-state index < -0.39 is 23.3 Å². The smallest absolute Gasteiger partial charge is 0.319 e. The lowest BCUT2D eigenvalue weighted by molar-refractivity contribution is 0.107. The van der Waals surface area contributed by atoms with Crippen LogP contribution in [-0.2, 0) is 0 Å². The highest BCUT2D eigenvalue weighted by Gasteiger charge is 2.55. The number of halogens is 4. The molecule has 3 N–H and O–H groups in total. The second kappa shape index (κ2) is 9.78. The first-order valence-electron chi connectivity index (χ1n) is 15.9. The van der Waals surface area contributed by atoms with Crippen LogP contribution in [0.25, 0.3) is 32.9 Å². The van der Waals surface area contributed by atoms with Crippen molar-refractivity contribution in [3.8, 4) is 29.0 Å². The number of H-pyrrole nitrogens is 1. The number of benzene rings is 2. The molecule has 2 aromatic carbocycles. The van der Waals surface area contributed by atoms with Crippen LogP contribution in [0.4, 0.5) is 24.8 Å². The van der Waals surface area contributed by atoms with E-state index in [1.807, 2.05) is 6.07 Å². The number of aromatic nitrogens is 3. The number of nitrogens with two attached hydrogens (primary N) is 1. The predicted octanol–water partition coefficient (Wildman–Crippen LogP) is 6.26. The lowest BCUT2D eigenvalue weighted by Gasteiger charge is -2.41. The molecule has 2 aromatic heterocycles. The molecular formula is C33H31ClF3N7O2. The Labute approximate surface area is 267 Å². The maximum atomic E-state index is 17.1. The minimum atomic E-state index is -0.926. The number of nitrogen functional groups attached to an aromatic ring is 1. The molecule has 13 heteroatoms. The van der Waals surface area contributed by atoms with Crippen LogP contribution in [0.2, 0.25) is 5.02 Å². The van der Waals surface area contributed by atoms with Crippen molar-refractivity contribution in [3.05, 3.63) is 34.4 Å². The molecule has 1 spiro atoms. The first-order chi connectivity index (χ1) is 22.2. The molecule has 4 aromatic rings. The average Bonchev–Trinajstić information content (AvgIpc) is 3.47. The van der Waals surface area contributed by atoms with Crippen molar-refractivity contribution in [3.63, 3.8) is 0 Å². The fourth-order valence-corrected chi connectivity index (χ4v) is 9.16. The number of alkyl halides is 1. The van der Waals surface area contributed by atoms with E-state index in [1.54, 1.807) is 0 Å². The molecule has 9 rings (SSSR count). The maximum absolute atomic E-state index is 17.1. The molecule has 1 saturated carbocycles. The molecule has 0 unspecified atom stereocenters. The van der Waals surface area contributed by atoms with E-state index in [4.69, 9.17) is 31.8 Å². The van der Waals surface area contributed by atoms with Gasteiger partial charge in [0, 0.05) is 30.5 Å². The normalized spacial score (nSPS) is 26.2. The molecular weight excluding hydrogens is 619 g/mol. The van der Waals surface area contributed by atoms with E-state index in [0.717, 1.165) is 45.1 Å². The zero-order chi connectivity index (χ0) is 31.5. The summed E-state index contributed by atoms with van der Waals surface area (Å²) in [6, 6.07) is 4.57. The monoisotopic (exact) mass is 649 g/mol. The molecule has 0 radical (unpaired) electrons. The summed E-state index contributed by atoms with van der Waals surface area (Å²) in [6.45, 7) is 2.40. The fraction of sp³-hybridized carbons (Fsp3) is 0.485. The van der Waals surface area contributed by atoms with Gasteiger partial charge in [-0.3, -0.25) is 4.90 Å². The zero-order valence-electron chi connectivity index (χ0n) is 24.9. The number of nitrogens with zero attached hydrogens (tertiary/aromatic N) is 5. The van der Waals surface area contributed by atoms with Crippen LogP contribution in [0, 0.1) is 28.4 Å². The van der Waals surface area contributed by atoms with Gasteiger partial charge in [-0.1, -0.05) is 17.7 Å². The molecule has 1 aliphatic carbocycles. The topological polar surface area (TPSA) is 116 Å². The van der Waals surface area contributed by atoms with Crippen molar-refractivity contribution in [2.24, 2.45) is 5.41 Å². The molecule has 0 bridgehead atoms. The second-order valence-electron chi connectivity index (χ2n) is 13.6. The lowest BCUT2D eigenvalue weighted by Crippen LogP contribution is -2.49. The van der Waals surface area contributed by atoms with Crippen LogP contribution >= 0.6 is 11.6 Å². The number of rotatable bonds is 4. The molecule has 3 saturated heterocycles. The molecule has 5 aliphatic rings. The summed E-state index contributed by atoms with van der Waals surface area (Å²) in [5.41, 5.74) is 5.66. The Balaban J connectivity index is 1.26. The SMILES string of the molecule is N#Cc1c(N)[nH]c2c(F)ccc(-c3c(Cl)c4c5c(nc(OC[C@@]67CCCN6C[C@H](F)C7)nc5c3F)N3CCCC5(CC5)[C@H]3CO4)c12. The number of piperidine rings is 1. The van der Waals surface area contributed by atoms with E-state index >= 15 is 4.39 Å². The maximum Gasteiger partial charge on any atom is 0.319 e. The van der Waals surface area contributed by atoms with Crippen molar-refractivity contribution in [1.29, 1.82) is 5.26 Å². The average molecular weight is 650 g/mol.